The van der Waals surface area contributed by atoms with Gasteiger partial charge in [-0.15, -0.1) is 0 Å². The summed E-state index contributed by atoms with van der Waals surface area (Å²) in [4.78, 5) is 26.0. The highest BCUT2D eigenvalue weighted by atomic mass is 35.5. The second-order valence-electron chi connectivity index (χ2n) is 6.56. The number of nitro groups is 1. The number of quaternary nitrogens is 1. The number of rotatable bonds is 5. The average Bonchev–Trinajstić information content (AvgIpc) is 2.62. The summed E-state index contributed by atoms with van der Waals surface area (Å²) in [7, 11) is 0. The Morgan fingerprint density at radius 3 is 2.58 bits per heavy atom. The largest absolute Gasteiger partial charge is 0.355 e. The van der Waals surface area contributed by atoms with E-state index in [1.54, 1.807) is 12.1 Å². The molecule has 1 N–H and O–H groups in total. The predicted molar refractivity (Wildman–Crippen MR) is 101 cm³/mol. The molecule has 0 unspecified atom stereocenters. The van der Waals surface area contributed by atoms with Crippen LogP contribution in [0.1, 0.15) is 22.8 Å². The highest BCUT2D eigenvalue weighted by Gasteiger charge is 2.26. The van der Waals surface area contributed by atoms with Gasteiger partial charge in [-0.2, -0.15) is 0 Å². The van der Waals surface area contributed by atoms with Crippen molar-refractivity contribution < 1.29 is 14.6 Å². The summed E-state index contributed by atoms with van der Waals surface area (Å²) in [5, 5.41) is 12.2. The van der Waals surface area contributed by atoms with E-state index in [0.29, 0.717) is 11.3 Å². The third kappa shape index (κ3) is 4.20. The number of nitrogens with zero attached hydrogens (tertiary/aromatic N) is 2. The molecule has 1 fully saturated rings. The third-order valence-electron chi connectivity index (χ3n) is 4.73. The Balaban J connectivity index is 1.69. The zero-order valence-electron chi connectivity index (χ0n) is 14.6. The number of nitrogens with one attached hydrogen (secondary N) is 1. The van der Waals surface area contributed by atoms with Crippen LogP contribution in [0.2, 0.25) is 5.02 Å². The van der Waals surface area contributed by atoms with Gasteiger partial charge in [-0.3, -0.25) is 14.9 Å². The van der Waals surface area contributed by atoms with Gasteiger partial charge in [0.25, 0.3) is 5.69 Å². The maximum absolute atomic E-state index is 11.5. The fourth-order valence-electron chi connectivity index (χ4n) is 3.33. The minimum atomic E-state index is -0.410. The van der Waals surface area contributed by atoms with Crippen LogP contribution < -0.4 is 9.80 Å². The molecular weight excluding hydrogens is 354 g/mol. The lowest BCUT2D eigenvalue weighted by Crippen LogP contribution is -3.13. The molecule has 0 aliphatic carbocycles. The molecule has 0 atom stereocenters. The smallest absolute Gasteiger partial charge is 0.293 e. The number of benzene rings is 2. The van der Waals surface area contributed by atoms with Crippen LogP contribution >= 0.6 is 11.6 Å². The monoisotopic (exact) mass is 374 g/mol. The minimum absolute atomic E-state index is 0.00371. The van der Waals surface area contributed by atoms with Crippen molar-refractivity contribution in [2.75, 3.05) is 31.1 Å². The molecule has 0 aromatic heterocycles. The highest BCUT2D eigenvalue weighted by molar-refractivity contribution is 6.30. The van der Waals surface area contributed by atoms with Gasteiger partial charge in [0.2, 0.25) is 0 Å². The molecule has 0 saturated carbocycles. The van der Waals surface area contributed by atoms with Gasteiger partial charge in [0.05, 0.1) is 31.1 Å². The second-order valence-corrected chi connectivity index (χ2v) is 7.00. The summed E-state index contributed by atoms with van der Waals surface area (Å²) in [6.07, 6.45) is 0. The van der Waals surface area contributed by atoms with E-state index < -0.39 is 4.92 Å². The van der Waals surface area contributed by atoms with Crippen molar-refractivity contribution in [2.45, 2.75) is 13.5 Å². The first-order valence-corrected chi connectivity index (χ1v) is 8.94. The maximum atomic E-state index is 11.5. The third-order valence-corrected chi connectivity index (χ3v) is 4.97. The first-order valence-electron chi connectivity index (χ1n) is 8.56. The van der Waals surface area contributed by atoms with Crippen LogP contribution in [-0.2, 0) is 6.54 Å². The van der Waals surface area contributed by atoms with Gasteiger partial charge < -0.3 is 9.80 Å². The van der Waals surface area contributed by atoms with Crippen LogP contribution in [0, 0.1) is 10.1 Å². The van der Waals surface area contributed by atoms with Gasteiger partial charge >= 0.3 is 0 Å². The van der Waals surface area contributed by atoms with Crippen LogP contribution in [0.3, 0.4) is 0 Å². The Kier molecular flexibility index (Phi) is 5.54. The van der Waals surface area contributed by atoms with Crippen LogP contribution in [-0.4, -0.2) is 36.9 Å². The number of hydrogen-bond donors (Lipinski definition) is 1. The molecule has 1 heterocycles. The molecule has 3 rings (SSSR count). The highest BCUT2D eigenvalue weighted by Crippen LogP contribution is 2.29. The molecule has 2 aromatic carbocycles. The summed E-state index contributed by atoms with van der Waals surface area (Å²) in [5.74, 6) is -0.171. The van der Waals surface area contributed by atoms with Gasteiger partial charge in [0, 0.05) is 22.2 Å². The van der Waals surface area contributed by atoms with Gasteiger partial charge in [0.1, 0.15) is 12.2 Å². The number of carbonyl (C=O) groups is 1. The first-order chi connectivity index (χ1) is 12.4. The zero-order valence-corrected chi connectivity index (χ0v) is 15.3. The van der Waals surface area contributed by atoms with Crippen molar-refractivity contribution in [1.82, 2.24) is 0 Å². The molecule has 26 heavy (non-hydrogen) atoms. The maximum Gasteiger partial charge on any atom is 0.293 e. The van der Waals surface area contributed by atoms with E-state index in [9.17, 15) is 14.9 Å². The number of nitro benzene ring substituents is 1. The molecular formula is C19H21ClN3O3+. The molecule has 1 saturated heterocycles. The minimum Gasteiger partial charge on any atom is -0.355 e. The Hall–Kier alpha value is -2.44. The van der Waals surface area contributed by atoms with Crippen LogP contribution in [0.25, 0.3) is 0 Å². The summed E-state index contributed by atoms with van der Waals surface area (Å²) in [5.41, 5.74) is 2.14. The number of Topliss-reactive ketones (excluding diaryl/α,β-unsaturated/α-hetero) is 1. The number of carbonyl (C=O) groups excluding carboxylic acids is 1. The van der Waals surface area contributed by atoms with Crippen molar-refractivity contribution in [3.63, 3.8) is 0 Å². The lowest BCUT2D eigenvalue weighted by Gasteiger charge is -2.33. The van der Waals surface area contributed by atoms with Crippen LogP contribution in [0.4, 0.5) is 11.4 Å². The Morgan fingerprint density at radius 1 is 1.23 bits per heavy atom. The fraction of sp³-hybridized carbons (Fsp3) is 0.316. The van der Waals surface area contributed by atoms with Crippen molar-refractivity contribution in [1.29, 1.82) is 0 Å². The molecule has 0 amide bonds. The van der Waals surface area contributed by atoms with E-state index in [-0.39, 0.29) is 11.5 Å². The fourth-order valence-corrected chi connectivity index (χ4v) is 3.55. The molecule has 136 valence electrons. The van der Waals surface area contributed by atoms with Gasteiger partial charge in [0.15, 0.2) is 5.78 Å². The summed E-state index contributed by atoms with van der Waals surface area (Å²) >= 11 is 6.04. The lowest BCUT2D eigenvalue weighted by molar-refractivity contribution is -0.914. The molecule has 2 aromatic rings. The quantitative estimate of drug-likeness (QED) is 0.495. The number of anilines is 1. The van der Waals surface area contributed by atoms with E-state index in [1.807, 2.05) is 23.1 Å². The van der Waals surface area contributed by atoms with Crippen molar-refractivity contribution >= 4 is 28.8 Å². The Labute approximate surface area is 157 Å². The number of halogens is 1. The molecule has 1 aliphatic rings. The normalized spacial score (nSPS) is 15.1. The summed E-state index contributed by atoms with van der Waals surface area (Å²) < 4.78 is 0. The van der Waals surface area contributed by atoms with Crippen molar-refractivity contribution in [3.8, 4) is 0 Å². The van der Waals surface area contributed by atoms with Crippen LogP contribution in [0.15, 0.2) is 42.5 Å². The zero-order chi connectivity index (χ0) is 18.7. The number of piperazine rings is 1. The van der Waals surface area contributed by atoms with E-state index in [4.69, 9.17) is 11.6 Å². The van der Waals surface area contributed by atoms with E-state index in [2.05, 4.69) is 6.07 Å². The Morgan fingerprint density at radius 2 is 1.96 bits per heavy atom. The predicted octanol–water partition coefficient (Wildman–Crippen LogP) is 2.36. The number of hydrogen-bond acceptors (Lipinski definition) is 4. The van der Waals surface area contributed by atoms with Crippen molar-refractivity contribution in [2.24, 2.45) is 0 Å². The topological polar surface area (TPSA) is 67.9 Å². The molecule has 1 aliphatic heterocycles. The van der Waals surface area contributed by atoms with Gasteiger partial charge in [-0.1, -0.05) is 23.7 Å². The molecule has 0 spiro atoms. The standard InChI is InChI=1S/C19H20ClN3O3/c1-14(24)16-5-6-18(19(12-16)23(25)26)22-9-7-21(8-10-22)13-15-3-2-4-17(20)11-15/h2-6,11-12H,7-10,13H2,1H3/p+1. The van der Waals surface area contributed by atoms with E-state index >= 15 is 0 Å². The van der Waals surface area contributed by atoms with E-state index in [0.717, 1.165) is 37.7 Å². The summed E-state index contributed by atoms with van der Waals surface area (Å²) in [6, 6.07) is 12.6. The first kappa shape index (κ1) is 18.4. The Bertz CT molecular complexity index is 833. The average molecular weight is 375 g/mol. The van der Waals surface area contributed by atoms with E-state index in [1.165, 1.54) is 23.5 Å². The molecule has 7 heteroatoms. The van der Waals surface area contributed by atoms with Crippen LogP contribution in [0.5, 0.6) is 0 Å². The second kappa shape index (κ2) is 7.85. The van der Waals surface area contributed by atoms with Gasteiger partial charge in [-0.05, 0) is 31.2 Å². The number of ketones is 1. The van der Waals surface area contributed by atoms with Crippen molar-refractivity contribution in [3.05, 3.63) is 68.7 Å². The lowest BCUT2D eigenvalue weighted by atomic mass is 10.1. The molecule has 0 radical (unpaired) electrons. The van der Waals surface area contributed by atoms with Gasteiger partial charge in [-0.25, -0.2) is 0 Å². The summed E-state index contributed by atoms with van der Waals surface area (Å²) in [6.45, 7) is 5.54. The molecule has 6 nitrogen and oxygen atoms in total. The molecule has 0 bridgehead atoms. The SMILES string of the molecule is CC(=O)c1ccc(N2CC[NH+](Cc3cccc(Cl)c3)CC2)c([N+](=O)[O-])c1.